The molecule has 0 aromatic heterocycles. The van der Waals surface area contributed by atoms with Crippen LogP contribution in [-0.4, -0.2) is 25.7 Å². The van der Waals surface area contributed by atoms with E-state index in [4.69, 9.17) is 16.3 Å². The molecule has 29 heavy (non-hydrogen) atoms. The van der Waals surface area contributed by atoms with E-state index in [0.29, 0.717) is 22.9 Å². The summed E-state index contributed by atoms with van der Waals surface area (Å²) in [6, 6.07) is 22.5. The van der Waals surface area contributed by atoms with Crippen LogP contribution in [0.2, 0.25) is 5.02 Å². The van der Waals surface area contributed by atoms with E-state index in [1.54, 1.807) is 43.5 Å². The first-order valence-corrected chi connectivity index (χ1v) is 10.9. The van der Waals surface area contributed by atoms with E-state index in [1.807, 2.05) is 42.5 Å². The largest absolute Gasteiger partial charge is 0.497 e. The summed E-state index contributed by atoms with van der Waals surface area (Å²) in [4.78, 5) is 0.188. The van der Waals surface area contributed by atoms with Crippen LogP contribution in [0.3, 0.4) is 0 Å². The standard InChI is InChI=1S/C22H19ClN2O3S/c1-28-17-9-7-8-16(14-17)21-15-22(19-12-5-6-13-20(19)23)25(24-21)29(26,27)18-10-3-2-4-11-18/h2-14,22H,15H2,1H3/t22-/m0/s1. The third kappa shape index (κ3) is 3.73. The summed E-state index contributed by atoms with van der Waals surface area (Å²) in [7, 11) is -2.26. The molecular formula is C22H19ClN2O3S. The molecule has 0 spiro atoms. The molecule has 0 aliphatic carbocycles. The van der Waals surface area contributed by atoms with Crippen LogP contribution in [0.4, 0.5) is 0 Å². The third-order valence-corrected chi connectivity index (χ3v) is 6.87. The number of sulfonamides is 1. The summed E-state index contributed by atoms with van der Waals surface area (Å²) in [6.07, 6.45) is 0.406. The molecule has 0 fully saturated rings. The SMILES string of the molecule is COc1cccc(C2=NN(S(=O)(=O)c3ccccc3)[C@H](c3ccccc3Cl)C2)c1. The van der Waals surface area contributed by atoms with E-state index in [1.165, 1.54) is 4.41 Å². The van der Waals surface area contributed by atoms with Crippen LogP contribution in [0.15, 0.2) is 88.9 Å². The predicted octanol–water partition coefficient (Wildman–Crippen LogP) is 4.89. The molecule has 4 rings (SSSR count). The summed E-state index contributed by atoms with van der Waals surface area (Å²) in [5.74, 6) is 0.684. The van der Waals surface area contributed by atoms with Gasteiger partial charge in [0.1, 0.15) is 5.75 Å². The van der Waals surface area contributed by atoms with Gasteiger partial charge in [0.15, 0.2) is 0 Å². The summed E-state index contributed by atoms with van der Waals surface area (Å²) in [5.41, 5.74) is 2.19. The lowest BCUT2D eigenvalue weighted by molar-refractivity contribution is 0.371. The zero-order valence-corrected chi connectivity index (χ0v) is 17.3. The maximum absolute atomic E-state index is 13.4. The van der Waals surface area contributed by atoms with Crippen molar-refractivity contribution in [1.29, 1.82) is 0 Å². The molecule has 0 N–H and O–H groups in total. The average molecular weight is 427 g/mol. The lowest BCUT2D eigenvalue weighted by atomic mass is 9.99. The average Bonchev–Trinajstić information content (AvgIpc) is 3.21. The Balaban J connectivity index is 1.83. The first-order chi connectivity index (χ1) is 14.0. The number of hydrazone groups is 1. The lowest BCUT2D eigenvalue weighted by Crippen LogP contribution is -2.27. The molecule has 0 radical (unpaired) electrons. The van der Waals surface area contributed by atoms with Crippen LogP contribution < -0.4 is 4.74 Å². The van der Waals surface area contributed by atoms with Gasteiger partial charge in [-0.05, 0) is 35.9 Å². The second-order valence-electron chi connectivity index (χ2n) is 6.61. The molecule has 0 amide bonds. The highest BCUT2D eigenvalue weighted by Crippen LogP contribution is 2.39. The highest BCUT2D eigenvalue weighted by Gasteiger charge is 2.38. The molecule has 1 atom stereocenters. The number of ether oxygens (including phenoxy) is 1. The Morgan fingerprint density at radius 1 is 1.00 bits per heavy atom. The van der Waals surface area contributed by atoms with Crippen LogP contribution in [-0.2, 0) is 10.0 Å². The number of hydrogen-bond donors (Lipinski definition) is 0. The van der Waals surface area contributed by atoms with Crippen molar-refractivity contribution in [2.24, 2.45) is 5.10 Å². The lowest BCUT2D eigenvalue weighted by Gasteiger charge is -2.24. The fraction of sp³-hybridized carbons (Fsp3) is 0.136. The summed E-state index contributed by atoms with van der Waals surface area (Å²) >= 11 is 6.41. The topological polar surface area (TPSA) is 59.0 Å². The second-order valence-corrected chi connectivity index (χ2v) is 8.81. The van der Waals surface area contributed by atoms with E-state index in [9.17, 15) is 8.42 Å². The minimum atomic E-state index is -3.85. The van der Waals surface area contributed by atoms with Crippen molar-refractivity contribution in [1.82, 2.24) is 4.41 Å². The van der Waals surface area contributed by atoms with Gasteiger partial charge in [0.05, 0.1) is 23.8 Å². The molecule has 0 bridgehead atoms. The Morgan fingerprint density at radius 2 is 1.72 bits per heavy atom. The van der Waals surface area contributed by atoms with E-state index in [2.05, 4.69) is 5.10 Å². The second kappa shape index (κ2) is 7.89. The maximum Gasteiger partial charge on any atom is 0.279 e. The molecule has 5 nitrogen and oxygen atoms in total. The van der Waals surface area contributed by atoms with Gasteiger partial charge in [0.2, 0.25) is 0 Å². The molecule has 1 heterocycles. The number of halogens is 1. The molecule has 3 aromatic carbocycles. The van der Waals surface area contributed by atoms with E-state index in [0.717, 1.165) is 11.1 Å². The third-order valence-electron chi connectivity index (χ3n) is 4.83. The minimum absolute atomic E-state index is 0.188. The number of rotatable bonds is 5. The smallest absolute Gasteiger partial charge is 0.279 e. The number of methoxy groups -OCH3 is 1. The quantitative estimate of drug-likeness (QED) is 0.583. The Hall–Kier alpha value is -2.83. The normalized spacial score (nSPS) is 16.6. The molecular weight excluding hydrogens is 408 g/mol. The maximum atomic E-state index is 13.4. The zero-order valence-electron chi connectivity index (χ0n) is 15.7. The number of benzene rings is 3. The van der Waals surface area contributed by atoms with Crippen LogP contribution in [0.5, 0.6) is 5.75 Å². The first-order valence-electron chi connectivity index (χ1n) is 9.06. The molecule has 0 saturated carbocycles. The van der Waals surface area contributed by atoms with Crippen LogP contribution in [0, 0.1) is 0 Å². The molecule has 1 aliphatic heterocycles. The van der Waals surface area contributed by atoms with Crippen molar-refractivity contribution in [2.45, 2.75) is 17.4 Å². The van der Waals surface area contributed by atoms with Crippen molar-refractivity contribution >= 4 is 27.3 Å². The zero-order chi connectivity index (χ0) is 20.4. The molecule has 3 aromatic rings. The Kier molecular flexibility index (Phi) is 5.30. The predicted molar refractivity (Wildman–Crippen MR) is 114 cm³/mol. The van der Waals surface area contributed by atoms with Crippen molar-refractivity contribution in [2.75, 3.05) is 7.11 Å². The monoisotopic (exact) mass is 426 g/mol. The van der Waals surface area contributed by atoms with Crippen molar-refractivity contribution in [3.05, 3.63) is 95.0 Å². The highest BCUT2D eigenvalue weighted by atomic mass is 35.5. The number of nitrogens with zero attached hydrogens (tertiary/aromatic N) is 2. The molecule has 0 unspecified atom stereocenters. The molecule has 1 aliphatic rings. The minimum Gasteiger partial charge on any atom is -0.497 e. The van der Waals surface area contributed by atoms with Crippen LogP contribution in [0.25, 0.3) is 0 Å². The Bertz CT molecular complexity index is 1160. The van der Waals surface area contributed by atoms with Crippen LogP contribution in [0.1, 0.15) is 23.6 Å². The summed E-state index contributed by atoms with van der Waals surface area (Å²) in [6.45, 7) is 0. The Labute approximate surface area is 175 Å². The fourth-order valence-electron chi connectivity index (χ4n) is 3.36. The van der Waals surface area contributed by atoms with E-state index in [-0.39, 0.29) is 4.90 Å². The molecule has 7 heteroatoms. The van der Waals surface area contributed by atoms with Crippen molar-refractivity contribution in [3.8, 4) is 5.75 Å². The summed E-state index contributed by atoms with van der Waals surface area (Å²) in [5, 5.41) is 5.04. The van der Waals surface area contributed by atoms with Gasteiger partial charge in [0, 0.05) is 17.0 Å². The van der Waals surface area contributed by atoms with Gasteiger partial charge in [-0.2, -0.15) is 17.9 Å². The first kappa shape index (κ1) is 19.5. The van der Waals surface area contributed by atoms with Crippen molar-refractivity contribution in [3.63, 3.8) is 0 Å². The highest BCUT2D eigenvalue weighted by molar-refractivity contribution is 7.89. The molecule has 0 saturated heterocycles. The van der Waals surface area contributed by atoms with Gasteiger partial charge in [-0.3, -0.25) is 0 Å². The molecule has 148 valence electrons. The summed E-state index contributed by atoms with van der Waals surface area (Å²) < 4.78 is 33.2. The fourth-order valence-corrected chi connectivity index (χ4v) is 5.07. The van der Waals surface area contributed by atoms with Gasteiger partial charge >= 0.3 is 0 Å². The van der Waals surface area contributed by atoms with Crippen molar-refractivity contribution < 1.29 is 13.2 Å². The van der Waals surface area contributed by atoms with Crippen LogP contribution >= 0.6 is 11.6 Å². The van der Waals surface area contributed by atoms with Gasteiger partial charge in [-0.25, -0.2) is 0 Å². The van der Waals surface area contributed by atoms with Gasteiger partial charge in [-0.15, -0.1) is 0 Å². The van der Waals surface area contributed by atoms with Gasteiger partial charge in [0.25, 0.3) is 10.0 Å². The van der Waals surface area contributed by atoms with E-state index < -0.39 is 16.1 Å². The van der Waals surface area contributed by atoms with Gasteiger partial charge < -0.3 is 4.74 Å². The van der Waals surface area contributed by atoms with Gasteiger partial charge in [-0.1, -0.05) is 60.1 Å². The van der Waals surface area contributed by atoms with E-state index >= 15 is 0 Å². The number of hydrogen-bond acceptors (Lipinski definition) is 4. The Morgan fingerprint density at radius 3 is 2.45 bits per heavy atom.